The van der Waals surface area contributed by atoms with Crippen LogP contribution in [0.4, 0.5) is 0 Å². The van der Waals surface area contributed by atoms with Gasteiger partial charge in [0.05, 0.1) is 24.2 Å². The van der Waals surface area contributed by atoms with E-state index < -0.39 is 28.5 Å². The third-order valence-corrected chi connectivity index (χ3v) is 7.20. The van der Waals surface area contributed by atoms with Crippen LogP contribution in [0.5, 0.6) is 0 Å². The quantitative estimate of drug-likeness (QED) is 0.542. The second-order valence-electron chi connectivity index (χ2n) is 7.79. The molecule has 1 aromatic carbocycles. The molecule has 2 amide bonds. The Morgan fingerprint density at radius 1 is 1.19 bits per heavy atom. The summed E-state index contributed by atoms with van der Waals surface area (Å²) in [5.41, 5.74) is 0. The molecule has 1 unspecified atom stereocenters. The number of benzene rings is 1. The van der Waals surface area contributed by atoms with E-state index in [4.69, 9.17) is 16.0 Å². The van der Waals surface area contributed by atoms with Crippen molar-refractivity contribution in [1.82, 2.24) is 14.9 Å². The molecule has 1 aliphatic rings. The molecule has 0 saturated heterocycles. The minimum Gasteiger partial charge on any atom is -0.467 e. The molecule has 3 rings (SSSR count). The molecule has 0 aliphatic heterocycles. The van der Waals surface area contributed by atoms with Gasteiger partial charge in [-0.2, -0.15) is 0 Å². The van der Waals surface area contributed by atoms with Gasteiger partial charge in [-0.25, -0.2) is 13.1 Å². The number of carbonyl (C=O) groups is 2. The summed E-state index contributed by atoms with van der Waals surface area (Å²) in [5.74, 6) is -0.252. The summed E-state index contributed by atoms with van der Waals surface area (Å²) >= 11 is 5.82. The Morgan fingerprint density at radius 3 is 2.47 bits per heavy atom. The van der Waals surface area contributed by atoms with Crippen LogP contribution in [0.3, 0.4) is 0 Å². The summed E-state index contributed by atoms with van der Waals surface area (Å²) in [6.07, 6.45) is 5.87. The van der Waals surface area contributed by atoms with Crippen LogP contribution in [0.25, 0.3) is 0 Å². The van der Waals surface area contributed by atoms with Gasteiger partial charge in [0.25, 0.3) is 0 Å². The van der Waals surface area contributed by atoms with Gasteiger partial charge >= 0.3 is 0 Å². The molecule has 10 heteroatoms. The van der Waals surface area contributed by atoms with Crippen LogP contribution in [0.15, 0.2) is 52.0 Å². The molecule has 1 fully saturated rings. The molecule has 8 nitrogen and oxygen atoms in total. The fourth-order valence-electron chi connectivity index (χ4n) is 3.81. The van der Waals surface area contributed by atoms with Crippen molar-refractivity contribution in [3.8, 4) is 0 Å². The molecule has 32 heavy (non-hydrogen) atoms. The van der Waals surface area contributed by atoms with Crippen molar-refractivity contribution in [2.45, 2.75) is 62.6 Å². The van der Waals surface area contributed by atoms with Crippen molar-refractivity contribution in [2.75, 3.05) is 6.54 Å². The maximum atomic E-state index is 13.1. The zero-order chi connectivity index (χ0) is 23.1. The highest BCUT2D eigenvalue weighted by Gasteiger charge is 2.31. The summed E-state index contributed by atoms with van der Waals surface area (Å²) in [6.45, 7) is 1.39. The van der Waals surface area contributed by atoms with E-state index in [1.165, 1.54) is 35.4 Å². The minimum atomic E-state index is -3.92. The highest BCUT2D eigenvalue weighted by molar-refractivity contribution is 7.89. The first-order valence-corrected chi connectivity index (χ1v) is 12.5. The van der Waals surface area contributed by atoms with E-state index in [0.29, 0.717) is 17.2 Å². The fourth-order valence-corrected chi connectivity index (χ4v) is 4.91. The predicted molar refractivity (Wildman–Crippen MR) is 120 cm³/mol. The van der Waals surface area contributed by atoms with Crippen LogP contribution < -0.4 is 10.0 Å². The third-order valence-electron chi connectivity index (χ3n) is 5.53. The molecule has 0 bridgehead atoms. The second kappa shape index (κ2) is 11.0. The Labute approximate surface area is 193 Å². The average Bonchev–Trinajstić information content (AvgIpc) is 3.46. The number of halogens is 1. The molecular weight excluding hydrogens is 454 g/mol. The SMILES string of the molecule is CCC(C(=O)NC1CCCC1)N(Cc1ccco1)C(=O)CNS(=O)(=O)c1ccc(Cl)cc1. The van der Waals surface area contributed by atoms with E-state index >= 15 is 0 Å². The molecule has 2 N–H and O–H groups in total. The molecule has 1 saturated carbocycles. The van der Waals surface area contributed by atoms with Gasteiger partial charge in [-0.1, -0.05) is 31.4 Å². The highest BCUT2D eigenvalue weighted by atomic mass is 35.5. The van der Waals surface area contributed by atoms with Gasteiger partial charge in [0.2, 0.25) is 21.8 Å². The Kier molecular flexibility index (Phi) is 8.33. The Hall–Kier alpha value is -2.36. The molecular formula is C22H28ClN3O5S. The molecule has 1 heterocycles. The lowest BCUT2D eigenvalue weighted by Crippen LogP contribution is -2.52. The van der Waals surface area contributed by atoms with Gasteiger partial charge in [0.15, 0.2) is 0 Å². The van der Waals surface area contributed by atoms with Crippen LogP contribution in [0.2, 0.25) is 5.02 Å². The van der Waals surface area contributed by atoms with Crippen molar-refractivity contribution in [1.29, 1.82) is 0 Å². The molecule has 1 aromatic heterocycles. The predicted octanol–water partition coefficient (Wildman–Crippen LogP) is 3.08. The number of hydrogen-bond acceptors (Lipinski definition) is 5. The number of furan rings is 1. The lowest BCUT2D eigenvalue weighted by atomic mass is 10.1. The maximum absolute atomic E-state index is 13.1. The minimum absolute atomic E-state index is 0.00157. The average molecular weight is 482 g/mol. The third kappa shape index (κ3) is 6.34. The van der Waals surface area contributed by atoms with Crippen LogP contribution in [0, 0.1) is 0 Å². The fraction of sp³-hybridized carbons (Fsp3) is 0.455. The van der Waals surface area contributed by atoms with Crippen LogP contribution >= 0.6 is 11.6 Å². The lowest BCUT2D eigenvalue weighted by molar-refractivity contribution is -0.141. The van der Waals surface area contributed by atoms with Gasteiger partial charge in [-0.3, -0.25) is 9.59 Å². The van der Waals surface area contributed by atoms with Crippen molar-refractivity contribution < 1.29 is 22.4 Å². The number of carbonyl (C=O) groups excluding carboxylic acids is 2. The van der Waals surface area contributed by atoms with Gasteiger partial charge < -0.3 is 14.6 Å². The molecule has 0 radical (unpaired) electrons. The Bertz CT molecular complexity index is 1000. The van der Waals surface area contributed by atoms with E-state index in [1.54, 1.807) is 12.1 Å². The molecule has 1 aliphatic carbocycles. The van der Waals surface area contributed by atoms with Crippen molar-refractivity contribution in [3.63, 3.8) is 0 Å². The molecule has 0 spiro atoms. The standard InChI is InChI=1S/C22H28ClN3O5S/c1-2-20(22(28)25-17-6-3-4-7-17)26(15-18-8-5-13-31-18)21(27)14-24-32(29,30)19-11-9-16(23)10-12-19/h5,8-13,17,20,24H,2-4,6-7,14-15H2,1H3,(H,25,28). The number of nitrogens with zero attached hydrogens (tertiary/aromatic N) is 1. The molecule has 174 valence electrons. The Morgan fingerprint density at radius 2 is 1.88 bits per heavy atom. The number of nitrogens with one attached hydrogen (secondary N) is 2. The van der Waals surface area contributed by atoms with E-state index in [9.17, 15) is 18.0 Å². The van der Waals surface area contributed by atoms with E-state index in [-0.39, 0.29) is 23.4 Å². The largest absolute Gasteiger partial charge is 0.467 e. The highest BCUT2D eigenvalue weighted by Crippen LogP contribution is 2.19. The van der Waals surface area contributed by atoms with Gasteiger partial charge in [-0.05, 0) is 55.7 Å². The molecule has 2 aromatic rings. The monoisotopic (exact) mass is 481 g/mol. The summed E-state index contributed by atoms with van der Waals surface area (Å²) in [5, 5.41) is 3.44. The van der Waals surface area contributed by atoms with Crippen LogP contribution in [-0.4, -0.2) is 43.8 Å². The van der Waals surface area contributed by atoms with E-state index in [0.717, 1.165) is 25.7 Å². The van der Waals surface area contributed by atoms with Gasteiger partial charge in [0.1, 0.15) is 11.8 Å². The van der Waals surface area contributed by atoms with Crippen molar-refractivity contribution in [3.05, 3.63) is 53.4 Å². The van der Waals surface area contributed by atoms with Crippen molar-refractivity contribution in [2.24, 2.45) is 0 Å². The van der Waals surface area contributed by atoms with Crippen molar-refractivity contribution >= 4 is 33.4 Å². The van der Waals surface area contributed by atoms with Crippen LogP contribution in [-0.2, 0) is 26.2 Å². The first kappa shape index (κ1) is 24.3. The van der Waals surface area contributed by atoms with Gasteiger partial charge in [0, 0.05) is 11.1 Å². The maximum Gasteiger partial charge on any atom is 0.243 e. The number of rotatable bonds is 10. The normalized spacial score (nSPS) is 15.4. The Balaban J connectivity index is 1.73. The van der Waals surface area contributed by atoms with E-state index in [1.807, 2.05) is 6.92 Å². The number of amides is 2. The summed E-state index contributed by atoms with van der Waals surface area (Å²) in [6, 6.07) is 8.41. The number of sulfonamides is 1. The summed E-state index contributed by atoms with van der Waals surface area (Å²) < 4.78 is 32.8. The summed E-state index contributed by atoms with van der Waals surface area (Å²) in [4.78, 5) is 27.4. The lowest BCUT2D eigenvalue weighted by Gasteiger charge is -2.30. The number of hydrogen-bond donors (Lipinski definition) is 2. The van der Waals surface area contributed by atoms with Gasteiger partial charge in [-0.15, -0.1) is 0 Å². The zero-order valence-corrected chi connectivity index (χ0v) is 19.5. The first-order valence-electron chi connectivity index (χ1n) is 10.7. The zero-order valence-electron chi connectivity index (χ0n) is 17.9. The van der Waals surface area contributed by atoms with E-state index in [2.05, 4.69) is 10.0 Å². The first-order chi connectivity index (χ1) is 15.3. The summed E-state index contributed by atoms with van der Waals surface area (Å²) in [7, 11) is -3.92. The topological polar surface area (TPSA) is 109 Å². The smallest absolute Gasteiger partial charge is 0.243 e. The molecule has 1 atom stereocenters. The second-order valence-corrected chi connectivity index (χ2v) is 10.00. The van der Waals surface area contributed by atoms with Crippen LogP contribution in [0.1, 0.15) is 44.8 Å².